The highest BCUT2D eigenvalue weighted by Gasteiger charge is 2.26. The molecular formula is C26H31N9O2. The fourth-order valence-corrected chi connectivity index (χ4v) is 4.64. The van der Waals surface area contributed by atoms with E-state index in [1.807, 2.05) is 0 Å². The second kappa shape index (κ2) is 9.81. The number of fused-ring (bicyclic) bond motifs is 1. The van der Waals surface area contributed by atoms with Gasteiger partial charge >= 0.3 is 6.03 Å². The van der Waals surface area contributed by atoms with Crippen molar-refractivity contribution in [1.82, 2.24) is 35.1 Å². The average Bonchev–Trinajstić information content (AvgIpc) is 3.53. The van der Waals surface area contributed by atoms with Gasteiger partial charge in [0.15, 0.2) is 5.65 Å². The molecule has 0 bridgehead atoms. The standard InChI is InChI=1S/C26H31N9O2/c1-16-8-10-34(11-9-16)15-18-4-2-17(3-5-18)13-27-24-31-22-19(12-21-23(36)32-26(37)30-21)14-28-35(22)25(33-24)29-20-6-7-20/h2-5,12,14,16,20H,6-11,13,15H2,1H3,(H2,27,29,31,33)(H2,30,32,36,37)/b21-12-. The molecule has 2 aromatic heterocycles. The molecule has 3 amide bonds. The Morgan fingerprint density at radius 1 is 1.03 bits per heavy atom. The van der Waals surface area contributed by atoms with Crippen LogP contribution in [0.5, 0.6) is 0 Å². The quantitative estimate of drug-likeness (QED) is 0.274. The first kappa shape index (κ1) is 23.4. The third kappa shape index (κ3) is 5.41. The first-order valence-corrected chi connectivity index (χ1v) is 12.9. The fraction of sp³-hybridized carbons (Fsp3) is 0.423. The molecule has 4 N–H and O–H groups in total. The Balaban J connectivity index is 1.18. The molecule has 0 unspecified atom stereocenters. The summed E-state index contributed by atoms with van der Waals surface area (Å²) in [6.45, 7) is 6.25. The number of hydrogen-bond acceptors (Lipinski definition) is 8. The summed E-state index contributed by atoms with van der Waals surface area (Å²) in [7, 11) is 0. The molecule has 11 heteroatoms. The molecule has 0 atom stereocenters. The van der Waals surface area contributed by atoms with Gasteiger partial charge in [-0.2, -0.15) is 19.6 Å². The maximum atomic E-state index is 12.0. The maximum Gasteiger partial charge on any atom is 0.326 e. The van der Waals surface area contributed by atoms with Crippen molar-refractivity contribution < 1.29 is 9.59 Å². The maximum absolute atomic E-state index is 12.0. The summed E-state index contributed by atoms with van der Waals surface area (Å²) in [5, 5.41) is 15.9. The van der Waals surface area contributed by atoms with Crippen molar-refractivity contribution in [3.05, 3.63) is 52.8 Å². The number of rotatable bonds is 8. The molecule has 3 aromatic rings. The van der Waals surface area contributed by atoms with E-state index in [1.165, 1.54) is 31.5 Å². The molecule has 3 fully saturated rings. The van der Waals surface area contributed by atoms with Crippen LogP contribution < -0.4 is 21.3 Å². The smallest absolute Gasteiger partial charge is 0.326 e. The van der Waals surface area contributed by atoms with E-state index in [9.17, 15) is 9.59 Å². The Morgan fingerprint density at radius 2 is 1.78 bits per heavy atom. The molecule has 4 heterocycles. The number of amides is 3. The Kier molecular flexibility index (Phi) is 6.21. The molecule has 3 aliphatic rings. The van der Waals surface area contributed by atoms with Crippen molar-refractivity contribution in [2.24, 2.45) is 5.92 Å². The van der Waals surface area contributed by atoms with Gasteiger partial charge in [-0.15, -0.1) is 0 Å². The molecule has 1 aromatic carbocycles. The minimum absolute atomic E-state index is 0.156. The van der Waals surface area contributed by atoms with E-state index in [4.69, 9.17) is 0 Å². The van der Waals surface area contributed by atoms with E-state index in [1.54, 1.807) is 16.8 Å². The number of carbonyl (C=O) groups is 2. The average molecular weight is 502 g/mol. The summed E-state index contributed by atoms with van der Waals surface area (Å²) >= 11 is 0. The van der Waals surface area contributed by atoms with Gasteiger partial charge in [0.05, 0.1) is 6.20 Å². The highest BCUT2D eigenvalue weighted by atomic mass is 16.2. The molecule has 192 valence electrons. The van der Waals surface area contributed by atoms with Crippen LogP contribution in [-0.4, -0.2) is 55.6 Å². The zero-order valence-corrected chi connectivity index (χ0v) is 20.8. The van der Waals surface area contributed by atoms with Gasteiger partial charge in [0.2, 0.25) is 11.9 Å². The third-order valence-electron chi connectivity index (χ3n) is 7.08. The summed E-state index contributed by atoms with van der Waals surface area (Å²) in [6.07, 6.45) is 7.91. The van der Waals surface area contributed by atoms with Crippen molar-refractivity contribution in [3.8, 4) is 0 Å². The lowest BCUT2D eigenvalue weighted by Crippen LogP contribution is -2.32. The van der Waals surface area contributed by atoms with E-state index in [0.29, 0.717) is 35.7 Å². The molecule has 37 heavy (non-hydrogen) atoms. The lowest BCUT2D eigenvalue weighted by Gasteiger charge is -2.30. The summed E-state index contributed by atoms with van der Waals surface area (Å²) in [4.78, 5) is 35.3. The monoisotopic (exact) mass is 501 g/mol. The van der Waals surface area contributed by atoms with Crippen LogP contribution in [0.25, 0.3) is 11.7 Å². The van der Waals surface area contributed by atoms with Crippen LogP contribution in [-0.2, 0) is 17.9 Å². The molecule has 1 aliphatic carbocycles. The Morgan fingerprint density at radius 3 is 2.49 bits per heavy atom. The Hall–Kier alpha value is -3.99. The molecule has 11 nitrogen and oxygen atoms in total. The van der Waals surface area contributed by atoms with Gasteiger partial charge in [0, 0.05) is 24.7 Å². The van der Waals surface area contributed by atoms with Crippen molar-refractivity contribution in [2.45, 2.75) is 51.7 Å². The van der Waals surface area contributed by atoms with E-state index < -0.39 is 11.9 Å². The predicted molar refractivity (Wildman–Crippen MR) is 140 cm³/mol. The first-order valence-electron chi connectivity index (χ1n) is 12.9. The van der Waals surface area contributed by atoms with E-state index in [-0.39, 0.29) is 5.70 Å². The van der Waals surface area contributed by atoms with Crippen LogP contribution in [0.3, 0.4) is 0 Å². The fourth-order valence-electron chi connectivity index (χ4n) is 4.64. The van der Waals surface area contributed by atoms with Crippen LogP contribution in [0.2, 0.25) is 0 Å². The summed E-state index contributed by atoms with van der Waals surface area (Å²) in [5.74, 6) is 1.41. The SMILES string of the molecule is CC1CCN(Cc2ccc(CNc3nc(NC4CC4)n4ncc(/C=C5\NC(=O)NC5=O)c4n3)cc2)CC1. The van der Waals surface area contributed by atoms with Crippen molar-refractivity contribution >= 4 is 35.6 Å². The summed E-state index contributed by atoms with van der Waals surface area (Å²) in [6, 6.07) is 8.51. The second-order valence-corrected chi connectivity index (χ2v) is 10.2. The normalized spacial score (nSPS) is 19.9. The number of carbonyl (C=O) groups excluding carboxylic acids is 2. The number of urea groups is 1. The lowest BCUT2D eigenvalue weighted by atomic mass is 9.99. The highest BCUT2D eigenvalue weighted by Crippen LogP contribution is 2.26. The van der Waals surface area contributed by atoms with Crippen molar-refractivity contribution in [1.29, 1.82) is 0 Å². The van der Waals surface area contributed by atoms with Gasteiger partial charge in [-0.3, -0.25) is 15.0 Å². The Bertz CT molecular complexity index is 1350. The number of nitrogens with zero attached hydrogens (tertiary/aromatic N) is 5. The minimum atomic E-state index is -0.544. The van der Waals surface area contributed by atoms with Gasteiger partial charge in [0.1, 0.15) is 5.70 Å². The van der Waals surface area contributed by atoms with Gasteiger partial charge < -0.3 is 16.0 Å². The third-order valence-corrected chi connectivity index (χ3v) is 7.08. The Labute approximate surface area is 214 Å². The van der Waals surface area contributed by atoms with Crippen molar-refractivity contribution in [2.75, 3.05) is 23.7 Å². The predicted octanol–water partition coefficient (Wildman–Crippen LogP) is 2.72. The van der Waals surface area contributed by atoms with Crippen LogP contribution in [0.1, 0.15) is 49.3 Å². The zero-order chi connectivity index (χ0) is 25.4. The molecular weight excluding hydrogens is 470 g/mol. The summed E-state index contributed by atoms with van der Waals surface area (Å²) in [5.41, 5.74) is 3.76. The van der Waals surface area contributed by atoms with Gasteiger partial charge in [-0.25, -0.2) is 4.79 Å². The van der Waals surface area contributed by atoms with E-state index in [2.05, 4.69) is 72.4 Å². The first-order chi connectivity index (χ1) is 18.0. The number of hydrogen-bond donors (Lipinski definition) is 4. The van der Waals surface area contributed by atoms with E-state index >= 15 is 0 Å². The van der Waals surface area contributed by atoms with Crippen LogP contribution >= 0.6 is 0 Å². The lowest BCUT2D eigenvalue weighted by molar-refractivity contribution is -0.115. The van der Waals surface area contributed by atoms with Gasteiger partial charge in [-0.05, 0) is 61.9 Å². The van der Waals surface area contributed by atoms with E-state index in [0.717, 1.165) is 30.9 Å². The van der Waals surface area contributed by atoms with Crippen molar-refractivity contribution in [3.63, 3.8) is 0 Å². The highest BCUT2D eigenvalue weighted by molar-refractivity contribution is 6.14. The number of benzene rings is 1. The molecule has 0 spiro atoms. The summed E-state index contributed by atoms with van der Waals surface area (Å²) < 4.78 is 1.63. The minimum Gasteiger partial charge on any atom is -0.351 e. The second-order valence-electron chi connectivity index (χ2n) is 10.2. The molecule has 2 aliphatic heterocycles. The van der Waals surface area contributed by atoms with Gasteiger partial charge in [-0.1, -0.05) is 31.2 Å². The number of piperidine rings is 1. The van der Waals surface area contributed by atoms with Crippen LogP contribution in [0, 0.1) is 5.92 Å². The van der Waals surface area contributed by atoms with Crippen LogP contribution in [0.4, 0.5) is 16.7 Å². The van der Waals surface area contributed by atoms with Gasteiger partial charge in [0.25, 0.3) is 5.91 Å². The zero-order valence-electron chi connectivity index (χ0n) is 20.8. The number of imide groups is 1. The molecule has 1 saturated carbocycles. The van der Waals surface area contributed by atoms with Crippen LogP contribution in [0.15, 0.2) is 36.2 Å². The largest absolute Gasteiger partial charge is 0.351 e. The number of nitrogens with one attached hydrogen (secondary N) is 4. The number of likely N-dealkylation sites (tertiary alicyclic amines) is 1. The molecule has 0 radical (unpaired) electrons. The molecule has 2 saturated heterocycles. The number of anilines is 2. The number of aromatic nitrogens is 4. The topological polar surface area (TPSA) is 129 Å². The molecule has 6 rings (SSSR count).